The number of amides is 1. The van der Waals surface area contributed by atoms with Crippen LogP contribution in [0.25, 0.3) is 0 Å². The summed E-state index contributed by atoms with van der Waals surface area (Å²) in [6.45, 7) is 1.64. The summed E-state index contributed by atoms with van der Waals surface area (Å²) in [6.07, 6.45) is 4.66. The van der Waals surface area contributed by atoms with E-state index < -0.39 is 0 Å². The van der Waals surface area contributed by atoms with Gasteiger partial charge in [-0.3, -0.25) is 10.2 Å². The van der Waals surface area contributed by atoms with Gasteiger partial charge in [-0.05, 0) is 62.1 Å². The van der Waals surface area contributed by atoms with E-state index in [0.29, 0.717) is 22.8 Å². The van der Waals surface area contributed by atoms with Crippen molar-refractivity contribution in [3.8, 4) is 23.3 Å². The van der Waals surface area contributed by atoms with Crippen LogP contribution in [0, 0.1) is 17.3 Å². The van der Waals surface area contributed by atoms with Crippen molar-refractivity contribution in [2.24, 2.45) is 0 Å². The third-order valence-electron chi connectivity index (χ3n) is 5.16. The number of ether oxygens (including phenoxy) is 1. The molecule has 7 heteroatoms. The summed E-state index contributed by atoms with van der Waals surface area (Å²) in [5, 5.41) is 14.9. The average Bonchev–Trinajstić information content (AvgIpc) is 2.79. The zero-order chi connectivity index (χ0) is 22.3. The van der Waals surface area contributed by atoms with E-state index in [2.05, 4.69) is 32.4 Å². The summed E-state index contributed by atoms with van der Waals surface area (Å²) >= 11 is 0. The van der Waals surface area contributed by atoms with Crippen molar-refractivity contribution in [3.63, 3.8) is 0 Å². The fourth-order valence-electron chi connectivity index (χ4n) is 3.48. The van der Waals surface area contributed by atoms with Crippen LogP contribution in [0.15, 0.2) is 67.1 Å². The second-order valence-electron chi connectivity index (χ2n) is 7.46. The van der Waals surface area contributed by atoms with Gasteiger partial charge >= 0.3 is 0 Å². The van der Waals surface area contributed by atoms with Crippen LogP contribution in [-0.4, -0.2) is 33.7 Å². The van der Waals surface area contributed by atoms with E-state index in [1.165, 1.54) is 6.33 Å². The maximum atomic E-state index is 11.6. The number of carbonyl (C=O) groups is 1. The van der Waals surface area contributed by atoms with Crippen molar-refractivity contribution in [1.29, 1.82) is 5.41 Å². The van der Waals surface area contributed by atoms with Gasteiger partial charge in [0.1, 0.15) is 23.6 Å². The molecule has 0 saturated heterocycles. The van der Waals surface area contributed by atoms with Gasteiger partial charge in [0.2, 0.25) is 0 Å². The molecule has 160 valence electrons. The monoisotopic (exact) mass is 425 g/mol. The van der Waals surface area contributed by atoms with Crippen LogP contribution in [0.4, 0.5) is 5.82 Å². The summed E-state index contributed by atoms with van der Waals surface area (Å²) in [7, 11) is 0. The SMILES string of the molecule is CC#CC(=O)N[C@H]1C[C@H](Nc2ncncc2C(=N)c2ccc(Oc3ccccc3)cc2)C1. The molecule has 3 N–H and O–H groups in total. The molecule has 1 aliphatic rings. The van der Waals surface area contributed by atoms with Gasteiger partial charge in [0.25, 0.3) is 5.91 Å². The molecular formula is C25H23N5O2. The minimum atomic E-state index is -0.250. The number of carbonyl (C=O) groups excluding carboxylic acids is 1. The number of aromatic nitrogens is 2. The zero-order valence-electron chi connectivity index (χ0n) is 17.6. The molecule has 32 heavy (non-hydrogen) atoms. The lowest BCUT2D eigenvalue weighted by Gasteiger charge is -2.36. The minimum absolute atomic E-state index is 0.0998. The van der Waals surface area contributed by atoms with Crippen molar-refractivity contribution >= 4 is 17.4 Å². The van der Waals surface area contributed by atoms with Crippen molar-refractivity contribution in [2.45, 2.75) is 31.8 Å². The van der Waals surface area contributed by atoms with Crippen LogP contribution in [-0.2, 0) is 4.79 Å². The van der Waals surface area contributed by atoms with E-state index in [1.54, 1.807) is 13.1 Å². The van der Waals surface area contributed by atoms with E-state index in [-0.39, 0.29) is 18.0 Å². The van der Waals surface area contributed by atoms with Crippen LogP contribution in [0.3, 0.4) is 0 Å². The largest absolute Gasteiger partial charge is 0.457 e. The Morgan fingerprint density at radius 2 is 1.78 bits per heavy atom. The Morgan fingerprint density at radius 1 is 1.06 bits per heavy atom. The predicted octanol–water partition coefficient (Wildman–Crippen LogP) is 3.77. The van der Waals surface area contributed by atoms with Gasteiger partial charge in [-0.1, -0.05) is 24.1 Å². The first-order valence-corrected chi connectivity index (χ1v) is 10.3. The molecule has 0 radical (unpaired) electrons. The molecule has 2 aromatic carbocycles. The van der Waals surface area contributed by atoms with E-state index >= 15 is 0 Å². The number of nitrogens with zero attached hydrogens (tertiary/aromatic N) is 2. The smallest absolute Gasteiger partial charge is 0.296 e. The number of rotatable bonds is 7. The second kappa shape index (κ2) is 9.75. The highest BCUT2D eigenvalue weighted by Crippen LogP contribution is 2.27. The number of para-hydroxylation sites is 1. The van der Waals surface area contributed by atoms with Crippen LogP contribution >= 0.6 is 0 Å². The number of anilines is 1. The van der Waals surface area contributed by atoms with Crippen LogP contribution in [0.5, 0.6) is 11.5 Å². The molecule has 0 aliphatic heterocycles. The Balaban J connectivity index is 1.39. The first-order chi connectivity index (χ1) is 15.6. The fraction of sp³-hybridized carbons (Fsp3) is 0.200. The van der Waals surface area contributed by atoms with Gasteiger partial charge in [-0.25, -0.2) is 9.97 Å². The number of hydrogen-bond donors (Lipinski definition) is 3. The lowest BCUT2D eigenvalue weighted by Crippen LogP contribution is -2.49. The first-order valence-electron chi connectivity index (χ1n) is 10.3. The topological polar surface area (TPSA) is 100.0 Å². The molecule has 1 heterocycles. The second-order valence-corrected chi connectivity index (χ2v) is 7.46. The molecule has 0 spiro atoms. The summed E-state index contributed by atoms with van der Waals surface area (Å²) in [4.78, 5) is 20.0. The molecule has 4 rings (SSSR count). The van der Waals surface area contributed by atoms with Crippen molar-refractivity contribution < 1.29 is 9.53 Å². The summed E-state index contributed by atoms with van der Waals surface area (Å²) < 4.78 is 5.82. The van der Waals surface area contributed by atoms with E-state index in [0.717, 1.165) is 24.2 Å². The van der Waals surface area contributed by atoms with Crippen molar-refractivity contribution in [2.75, 3.05) is 5.32 Å². The number of hydrogen-bond acceptors (Lipinski definition) is 6. The average molecular weight is 425 g/mol. The molecule has 1 aliphatic carbocycles. The molecule has 1 fully saturated rings. The van der Waals surface area contributed by atoms with E-state index in [4.69, 9.17) is 10.1 Å². The van der Waals surface area contributed by atoms with E-state index in [9.17, 15) is 4.79 Å². The third kappa shape index (κ3) is 5.10. The van der Waals surface area contributed by atoms with Crippen molar-refractivity contribution in [3.05, 3.63) is 78.2 Å². The summed E-state index contributed by atoms with van der Waals surface area (Å²) in [5.41, 5.74) is 1.68. The standard InChI is InChI=1S/C25H23N5O2/c1-2-6-23(31)29-18-13-19(14-18)30-25-22(15-27-16-28-25)24(26)17-9-11-21(12-10-17)32-20-7-4-3-5-8-20/h3-5,7-12,15-16,18-19,26H,13-14H2,1H3,(H,29,31)(H,27,28,30)/t18-,19-. The summed E-state index contributed by atoms with van der Waals surface area (Å²) in [6, 6.07) is 17.2. The highest BCUT2D eigenvalue weighted by Gasteiger charge is 2.31. The van der Waals surface area contributed by atoms with Gasteiger partial charge in [-0.2, -0.15) is 0 Å². The molecular weight excluding hydrogens is 402 g/mol. The highest BCUT2D eigenvalue weighted by molar-refractivity contribution is 6.13. The Morgan fingerprint density at radius 3 is 2.50 bits per heavy atom. The molecule has 3 aromatic rings. The zero-order valence-corrected chi connectivity index (χ0v) is 17.6. The van der Waals surface area contributed by atoms with Gasteiger partial charge in [-0.15, -0.1) is 0 Å². The maximum absolute atomic E-state index is 11.6. The number of nitrogens with one attached hydrogen (secondary N) is 3. The Hall–Kier alpha value is -4.18. The third-order valence-corrected chi connectivity index (χ3v) is 5.16. The van der Waals surface area contributed by atoms with Crippen LogP contribution in [0.2, 0.25) is 0 Å². The van der Waals surface area contributed by atoms with Gasteiger partial charge in [0.15, 0.2) is 0 Å². The predicted molar refractivity (Wildman–Crippen MR) is 123 cm³/mol. The van der Waals surface area contributed by atoms with E-state index in [1.807, 2.05) is 54.6 Å². The van der Waals surface area contributed by atoms with Crippen LogP contribution in [0.1, 0.15) is 30.9 Å². The van der Waals surface area contributed by atoms with Gasteiger partial charge < -0.3 is 15.4 Å². The normalized spacial score (nSPS) is 16.7. The summed E-state index contributed by atoms with van der Waals surface area (Å²) in [5.74, 6) is 6.91. The minimum Gasteiger partial charge on any atom is -0.457 e. The molecule has 1 saturated carbocycles. The number of benzene rings is 2. The maximum Gasteiger partial charge on any atom is 0.296 e. The highest BCUT2D eigenvalue weighted by atomic mass is 16.5. The molecule has 7 nitrogen and oxygen atoms in total. The van der Waals surface area contributed by atoms with Gasteiger partial charge in [0.05, 0.1) is 11.3 Å². The molecule has 0 atom stereocenters. The molecule has 0 bridgehead atoms. The van der Waals surface area contributed by atoms with Crippen molar-refractivity contribution in [1.82, 2.24) is 15.3 Å². The van der Waals surface area contributed by atoms with Crippen LogP contribution < -0.4 is 15.4 Å². The Kier molecular flexibility index (Phi) is 6.42. The molecule has 0 unspecified atom stereocenters. The lowest BCUT2D eigenvalue weighted by molar-refractivity contribution is -0.116. The first kappa shape index (κ1) is 21.1. The fourth-order valence-corrected chi connectivity index (χ4v) is 3.48. The van der Waals surface area contributed by atoms with Gasteiger partial charge in [0, 0.05) is 23.8 Å². The Bertz CT molecular complexity index is 1160. The molecule has 1 amide bonds. The lowest BCUT2D eigenvalue weighted by atomic mass is 9.86. The molecule has 1 aromatic heterocycles. The quantitative estimate of drug-likeness (QED) is 0.395. The Labute approximate surface area is 186 Å².